The Morgan fingerprint density at radius 2 is 1.77 bits per heavy atom. The molecule has 0 radical (unpaired) electrons. The number of aromatic nitrogens is 3. The number of aliphatic carboxylic acids is 1. The summed E-state index contributed by atoms with van der Waals surface area (Å²) in [6.07, 6.45) is 3.32. The molecule has 0 fully saturated rings. The Balaban J connectivity index is 1.41. The van der Waals surface area contributed by atoms with Crippen LogP contribution in [0.4, 0.5) is 10.8 Å². The fourth-order valence-corrected chi connectivity index (χ4v) is 3.53. The second-order valence-corrected chi connectivity index (χ2v) is 8.45. The number of fused-ring (bicyclic) bond motifs is 1. The summed E-state index contributed by atoms with van der Waals surface area (Å²) in [5.74, 6) is -0.932. The lowest BCUT2D eigenvalue weighted by atomic mass is 9.95. The third kappa shape index (κ3) is 4.38. The number of carboxylic acids is 1. The molecule has 2 N–H and O–H groups in total. The van der Waals surface area contributed by atoms with Gasteiger partial charge in [0.05, 0.1) is 15.6 Å². The zero-order valence-electron chi connectivity index (χ0n) is 16.5. The van der Waals surface area contributed by atoms with Gasteiger partial charge in [0.2, 0.25) is 0 Å². The summed E-state index contributed by atoms with van der Waals surface area (Å²) in [4.78, 5) is 24.1. The predicted octanol–water partition coefficient (Wildman–Crippen LogP) is 4.99. The van der Waals surface area contributed by atoms with Crippen molar-refractivity contribution >= 4 is 38.3 Å². The molecule has 0 aliphatic rings. The first-order valence-electron chi connectivity index (χ1n) is 9.32. The molecular weight excluding hydrogens is 400 g/mol. The van der Waals surface area contributed by atoms with Gasteiger partial charge in [0.25, 0.3) is 0 Å². The van der Waals surface area contributed by atoms with Crippen molar-refractivity contribution in [3.63, 3.8) is 0 Å². The SMILES string of the molecule is CC(C)(COc1ncc(-c2ccc(Nc3nc4ccccc4s3)cc2)cn1)C(=O)O. The summed E-state index contributed by atoms with van der Waals surface area (Å²) in [5.41, 5.74) is 2.71. The number of nitrogens with one attached hydrogen (secondary N) is 1. The van der Waals surface area contributed by atoms with E-state index in [9.17, 15) is 4.79 Å². The molecule has 0 spiro atoms. The van der Waals surface area contributed by atoms with Crippen LogP contribution >= 0.6 is 11.3 Å². The number of thiazole rings is 1. The summed E-state index contributed by atoms with van der Waals surface area (Å²) in [6.45, 7) is 3.18. The van der Waals surface area contributed by atoms with Crippen LogP contribution in [0.3, 0.4) is 0 Å². The molecule has 0 aliphatic heterocycles. The highest BCUT2D eigenvalue weighted by atomic mass is 32.1. The Labute approximate surface area is 177 Å². The van der Waals surface area contributed by atoms with Crippen molar-refractivity contribution in [2.75, 3.05) is 11.9 Å². The summed E-state index contributed by atoms with van der Waals surface area (Å²) < 4.78 is 6.56. The molecule has 0 aliphatic carbocycles. The van der Waals surface area contributed by atoms with Crippen LogP contribution in [0.2, 0.25) is 0 Å². The van der Waals surface area contributed by atoms with Gasteiger partial charge in [-0.05, 0) is 43.7 Å². The minimum absolute atomic E-state index is 0.00614. The van der Waals surface area contributed by atoms with Gasteiger partial charge in [-0.2, -0.15) is 0 Å². The number of para-hydroxylation sites is 1. The number of carboxylic acid groups (broad SMARTS) is 1. The monoisotopic (exact) mass is 420 g/mol. The third-order valence-corrected chi connectivity index (χ3v) is 5.48. The molecule has 0 saturated heterocycles. The molecule has 0 saturated carbocycles. The Kier molecular flexibility index (Phi) is 5.33. The van der Waals surface area contributed by atoms with E-state index < -0.39 is 11.4 Å². The van der Waals surface area contributed by atoms with Crippen molar-refractivity contribution in [3.05, 3.63) is 60.9 Å². The average molecular weight is 420 g/mol. The number of hydrogen-bond donors (Lipinski definition) is 2. The molecule has 0 unspecified atom stereocenters. The number of benzene rings is 2. The molecule has 4 rings (SSSR count). The Hall–Kier alpha value is -3.52. The highest BCUT2D eigenvalue weighted by Gasteiger charge is 2.28. The standard InChI is InChI=1S/C22H20N4O3S/c1-22(2,19(27)28)13-29-20-23-11-15(12-24-20)14-7-9-16(10-8-14)25-21-26-17-5-3-4-6-18(17)30-21/h3-12H,13H2,1-2H3,(H,25,26)(H,27,28). The first-order valence-corrected chi connectivity index (χ1v) is 10.1. The minimum atomic E-state index is -1.01. The van der Waals surface area contributed by atoms with Crippen LogP contribution in [-0.2, 0) is 4.79 Å². The van der Waals surface area contributed by atoms with E-state index in [0.717, 1.165) is 32.2 Å². The molecule has 30 heavy (non-hydrogen) atoms. The van der Waals surface area contributed by atoms with E-state index in [4.69, 9.17) is 9.84 Å². The molecule has 0 bridgehead atoms. The molecule has 7 nitrogen and oxygen atoms in total. The first-order chi connectivity index (χ1) is 14.4. The summed E-state index contributed by atoms with van der Waals surface area (Å²) >= 11 is 1.61. The van der Waals surface area contributed by atoms with Crippen LogP contribution in [0.15, 0.2) is 60.9 Å². The molecular formula is C22H20N4O3S. The van der Waals surface area contributed by atoms with Crippen LogP contribution in [-0.4, -0.2) is 32.6 Å². The van der Waals surface area contributed by atoms with Crippen LogP contribution in [0, 0.1) is 5.41 Å². The van der Waals surface area contributed by atoms with Crippen LogP contribution in [0.25, 0.3) is 21.3 Å². The summed E-state index contributed by atoms with van der Waals surface area (Å²) in [7, 11) is 0. The van der Waals surface area contributed by atoms with Crippen molar-refractivity contribution in [2.24, 2.45) is 5.41 Å². The number of ether oxygens (including phenoxy) is 1. The summed E-state index contributed by atoms with van der Waals surface area (Å²) in [5, 5.41) is 13.3. The van der Waals surface area contributed by atoms with Crippen molar-refractivity contribution in [3.8, 4) is 17.1 Å². The van der Waals surface area contributed by atoms with Crippen LogP contribution in [0.5, 0.6) is 6.01 Å². The topological polar surface area (TPSA) is 97.2 Å². The number of rotatable bonds is 7. The zero-order valence-corrected chi connectivity index (χ0v) is 17.3. The van der Waals surface area contributed by atoms with Gasteiger partial charge in [0, 0.05) is 23.6 Å². The molecule has 0 atom stereocenters. The van der Waals surface area contributed by atoms with Gasteiger partial charge in [-0.1, -0.05) is 35.6 Å². The number of carbonyl (C=O) groups is 1. The van der Waals surface area contributed by atoms with Gasteiger partial charge in [0.1, 0.15) is 6.61 Å². The van der Waals surface area contributed by atoms with Gasteiger partial charge in [0.15, 0.2) is 5.13 Å². The molecule has 2 aromatic heterocycles. The van der Waals surface area contributed by atoms with E-state index in [1.807, 2.05) is 42.5 Å². The van der Waals surface area contributed by atoms with Crippen LogP contribution < -0.4 is 10.1 Å². The molecule has 0 amide bonds. The molecule has 4 aromatic rings. The minimum Gasteiger partial charge on any atom is -0.481 e. The lowest BCUT2D eigenvalue weighted by Gasteiger charge is -2.18. The quantitative estimate of drug-likeness (QED) is 0.435. The number of hydrogen-bond acceptors (Lipinski definition) is 7. The zero-order chi connectivity index (χ0) is 21.1. The Bertz CT molecular complexity index is 1140. The maximum absolute atomic E-state index is 11.1. The average Bonchev–Trinajstić information content (AvgIpc) is 3.15. The fraction of sp³-hybridized carbons (Fsp3) is 0.182. The fourth-order valence-electron chi connectivity index (χ4n) is 2.64. The summed E-state index contributed by atoms with van der Waals surface area (Å²) in [6, 6.07) is 16.1. The second kappa shape index (κ2) is 8.08. The lowest BCUT2D eigenvalue weighted by molar-refractivity contribution is -0.148. The Morgan fingerprint density at radius 3 is 2.43 bits per heavy atom. The van der Waals surface area contributed by atoms with E-state index in [2.05, 4.69) is 26.3 Å². The predicted molar refractivity (Wildman–Crippen MR) is 117 cm³/mol. The van der Waals surface area contributed by atoms with E-state index >= 15 is 0 Å². The van der Waals surface area contributed by atoms with Crippen molar-refractivity contribution in [1.29, 1.82) is 0 Å². The van der Waals surface area contributed by atoms with Gasteiger partial charge in [-0.3, -0.25) is 4.79 Å². The van der Waals surface area contributed by atoms with E-state index in [-0.39, 0.29) is 12.6 Å². The van der Waals surface area contributed by atoms with Crippen molar-refractivity contribution in [1.82, 2.24) is 15.0 Å². The largest absolute Gasteiger partial charge is 0.481 e. The Morgan fingerprint density at radius 1 is 1.07 bits per heavy atom. The third-order valence-electron chi connectivity index (χ3n) is 4.53. The first kappa shape index (κ1) is 19.8. The lowest BCUT2D eigenvalue weighted by Crippen LogP contribution is -2.31. The molecule has 2 aromatic carbocycles. The van der Waals surface area contributed by atoms with E-state index in [1.165, 1.54) is 0 Å². The van der Waals surface area contributed by atoms with Crippen molar-refractivity contribution in [2.45, 2.75) is 13.8 Å². The van der Waals surface area contributed by atoms with Gasteiger partial charge in [-0.15, -0.1) is 0 Å². The highest BCUT2D eigenvalue weighted by molar-refractivity contribution is 7.22. The second-order valence-electron chi connectivity index (χ2n) is 7.42. The van der Waals surface area contributed by atoms with Crippen molar-refractivity contribution < 1.29 is 14.6 Å². The van der Waals surface area contributed by atoms with Gasteiger partial charge in [-0.25, -0.2) is 15.0 Å². The van der Waals surface area contributed by atoms with E-state index in [0.29, 0.717) is 0 Å². The highest BCUT2D eigenvalue weighted by Crippen LogP contribution is 2.29. The smallest absolute Gasteiger partial charge is 0.316 e. The van der Waals surface area contributed by atoms with E-state index in [1.54, 1.807) is 37.6 Å². The maximum atomic E-state index is 11.1. The molecule has 2 heterocycles. The molecule has 152 valence electrons. The normalized spacial score (nSPS) is 11.4. The number of anilines is 2. The van der Waals surface area contributed by atoms with Gasteiger partial charge < -0.3 is 15.2 Å². The maximum Gasteiger partial charge on any atom is 0.316 e. The number of nitrogens with zero attached hydrogens (tertiary/aromatic N) is 3. The molecule has 8 heteroatoms. The van der Waals surface area contributed by atoms with Gasteiger partial charge >= 0.3 is 12.0 Å². The van der Waals surface area contributed by atoms with Crippen LogP contribution in [0.1, 0.15) is 13.8 Å².